The van der Waals surface area contributed by atoms with E-state index in [0.717, 1.165) is 5.56 Å². The molecule has 0 saturated carbocycles. The van der Waals surface area contributed by atoms with Crippen molar-refractivity contribution in [3.8, 4) is 28.4 Å². The van der Waals surface area contributed by atoms with Crippen LogP contribution in [0.2, 0.25) is 0 Å². The highest BCUT2D eigenvalue weighted by atomic mass is 16.5. The third-order valence-electron chi connectivity index (χ3n) is 3.62. The fourth-order valence-electron chi connectivity index (χ4n) is 2.28. The lowest BCUT2D eigenvalue weighted by Gasteiger charge is -2.12. The molecule has 0 radical (unpaired) electrons. The molecular weight excluding hydrogens is 364 g/mol. The summed E-state index contributed by atoms with van der Waals surface area (Å²) in [5.74, 6) is -0.426. The molecule has 2 aromatic carbocycles. The Bertz CT molecular complexity index is 840. The molecule has 0 unspecified atom stereocenters. The van der Waals surface area contributed by atoms with Crippen LogP contribution in [0.25, 0.3) is 11.1 Å². The third kappa shape index (κ3) is 5.94. The van der Waals surface area contributed by atoms with Gasteiger partial charge in [0.2, 0.25) is 0 Å². The molecule has 0 bridgehead atoms. The van der Waals surface area contributed by atoms with Gasteiger partial charge in [0, 0.05) is 6.07 Å². The van der Waals surface area contributed by atoms with Gasteiger partial charge in [-0.1, -0.05) is 18.7 Å². The first-order valence-electron chi connectivity index (χ1n) is 8.67. The molecule has 0 spiro atoms. The number of esters is 2. The van der Waals surface area contributed by atoms with Crippen LogP contribution in [0.3, 0.4) is 0 Å². The van der Waals surface area contributed by atoms with Crippen LogP contribution in [0.15, 0.2) is 54.6 Å². The van der Waals surface area contributed by atoms with E-state index in [9.17, 15) is 9.59 Å². The quantitative estimate of drug-likeness (QED) is 0.388. The number of benzene rings is 2. The molecule has 0 atom stereocenters. The number of carbonyl (C=O) groups is 2. The van der Waals surface area contributed by atoms with E-state index in [4.69, 9.17) is 24.4 Å². The predicted octanol–water partition coefficient (Wildman–Crippen LogP) is 2.49. The van der Waals surface area contributed by atoms with Crippen LogP contribution in [-0.2, 0) is 9.59 Å². The molecule has 148 valence electrons. The Balaban J connectivity index is 2.36. The molecule has 0 amide bonds. The molecule has 0 aliphatic rings. The highest BCUT2D eigenvalue weighted by molar-refractivity contribution is 5.90. The summed E-state index contributed by atoms with van der Waals surface area (Å²) in [7, 11) is 0. The van der Waals surface area contributed by atoms with Gasteiger partial charge in [-0.3, -0.25) is 4.79 Å². The zero-order valence-electron chi connectivity index (χ0n) is 15.5. The molecule has 2 aromatic rings. The minimum atomic E-state index is -0.793. The largest absolute Gasteiger partial charge is 0.494 e. The smallest absolute Gasteiger partial charge is 0.341 e. The zero-order chi connectivity index (χ0) is 20.5. The summed E-state index contributed by atoms with van der Waals surface area (Å²) < 4.78 is 15.8. The van der Waals surface area contributed by atoms with E-state index in [1.165, 1.54) is 6.07 Å². The van der Waals surface area contributed by atoms with Crippen molar-refractivity contribution < 1.29 is 34.0 Å². The number of ether oxygens (including phenoxy) is 3. The predicted molar refractivity (Wildman–Crippen MR) is 102 cm³/mol. The van der Waals surface area contributed by atoms with Gasteiger partial charge in [-0.15, -0.1) is 0 Å². The minimum Gasteiger partial charge on any atom is -0.494 e. The van der Waals surface area contributed by atoms with Crippen molar-refractivity contribution in [2.75, 3.05) is 19.8 Å². The van der Waals surface area contributed by atoms with Gasteiger partial charge >= 0.3 is 11.9 Å². The first-order chi connectivity index (χ1) is 13.5. The monoisotopic (exact) mass is 386 g/mol. The highest BCUT2D eigenvalue weighted by Gasteiger charge is 2.13. The maximum absolute atomic E-state index is 11.9. The van der Waals surface area contributed by atoms with Crippen molar-refractivity contribution in [2.24, 2.45) is 0 Å². The molecular formula is C21H22O7. The van der Waals surface area contributed by atoms with E-state index in [1.54, 1.807) is 24.3 Å². The lowest BCUT2D eigenvalue weighted by Crippen LogP contribution is -2.13. The first kappa shape index (κ1) is 21.1. The van der Waals surface area contributed by atoms with Gasteiger partial charge in [-0.25, -0.2) is 4.79 Å². The summed E-state index contributed by atoms with van der Waals surface area (Å²) in [5.41, 5.74) is 1.31. The maximum atomic E-state index is 11.9. The molecule has 0 heterocycles. The summed E-state index contributed by atoms with van der Waals surface area (Å²) in [6.45, 7) is 4.98. The molecule has 7 nitrogen and oxygen atoms in total. The van der Waals surface area contributed by atoms with Crippen LogP contribution in [0, 0.1) is 0 Å². The van der Waals surface area contributed by atoms with Crippen molar-refractivity contribution in [2.45, 2.75) is 13.3 Å². The standard InChI is InChI=1S/C21H22O7/c1-3-26-17-6-4-15(5-7-17)16-10-18(27-20(24)8-9-22)12-19(11-16)28-21(25)14(2)13-23/h4-7,10-12,22-23H,2-3,8-9,13H2,1H3. The van der Waals surface area contributed by atoms with E-state index < -0.39 is 18.5 Å². The van der Waals surface area contributed by atoms with Gasteiger partial charge in [0.05, 0.1) is 31.8 Å². The second-order valence-electron chi connectivity index (χ2n) is 5.75. The van der Waals surface area contributed by atoms with E-state index >= 15 is 0 Å². The van der Waals surface area contributed by atoms with E-state index in [0.29, 0.717) is 17.9 Å². The normalized spacial score (nSPS) is 10.2. The number of hydrogen-bond donors (Lipinski definition) is 2. The Morgan fingerprint density at radius 3 is 2.14 bits per heavy atom. The molecule has 0 aliphatic carbocycles. The molecule has 0 fully saturated rings. The summed E-state index contributed by atoms with van der Waals surface area (Å²) in [4.78, 5) is 23.6. The Labute approximate surface area is 162 Å². The summed E-state index contributed by atoms with van der Waals surface area (Å²) in [5, 5.41) is 17.9. The van der Waals surface area contributed by atoms with Crippen LogP contribution in [0.5, 0.6) is 17.2 Å². The lowest BCUT2D eigenvalue weighted by molar-refractivity contribution is -0.135. The number of aliphatic hydroxyl groups is 2. The summed E-state index contributed by atoms with van der Waals surface area (Å²) in [6.07, 6.45) is -0.163. The fraction of sp³-hybridized carbons (Fsp3) is 0.238. The number of carbonyl (C=O) groups excluding carboxylic acids is 2. The molecule has 0 aliphatic heterocycles. The Morgan fingerprint density at radius 2 is 1.57 bits per heavy atom. The average Bonchev–Trinajstić information content (AvgIpc) is 2.68. The van der Waals surface area contributed by atoms with E-state index in [-0.39, 0.29) is 30.1 Å². The lowest BCUT2D eigenvalue weighted by atomic mass is 10.0. The van der Waals surface area contributed by atoms with Gasteiger partial charge in [-0.2, -0.15) is 0 Å². The molecule has 2 N–H and O–H groups in total. The van der Waals surface area contributed by atoms with Gasteiger partial charge in [-0.05, 0) is 42.3 Å². The SMILES string of the molecule is C=C(CO)C(=O)Oc1cc(OC(=O)CCO)cc(-c2ccc(OCC)cc2)c1. The second-order valence-corrected chi connectivity index (χ2v) is 5.75. The minimum absolute atomic E-state index is 0.106. The van der Waals surface area contributed by atoms with Crippen molar-refractivity contribution in [1.82, 2.24) is 0 Å². The average molecular weight is 386 g/mol. The Morgan fingerprint density at radius 1 is 0.929 bits per heavy atom. The van der Waals surface area contributed by atoms with Crippen molar-refractivity contribution in [1.29, 1.82) is 0 Å². The van der Waals surface area contributed by atoms with Crippen LogP contribution < -0.4 is 14.2 Å². The molecule has 0 saturated heterocycles. The third-order valence-corrected chi connectivity index (χ3v) is 3.62. The zero-order valence-corrected chi connectivity index (χ0v) is 15.5. The van der Waals surface area contributed by atoms with Crippen LogP contribution in [-0.4, -0.2) is 42.0 Å². The molecule has 7 heteroatoms. The van der Waals surface area contributed by atoms with Gasteiger partial charge in [0.15, 0.2) is 0 Å². The van der Waals surface area contributed by atoms with Gasteiger partial charge in [0.25, 0.3) is 0 Å². The first-order valence-corrected chi connectivity index (χ1v) is 8.67. The maximum Gasteiger partial charge on any atom is 0.341 e. The van der Waals surface area contributed by atoms with Gasteiger partial charge < -0.3 is 24.4 Å². The van der Waals surface area contributed by atoms with Crippen LogP contribution >= 0.6 is 0 Å². The molecule has 28 heavy (non-hydrogen) atoms. The highest BCUT2D eigenvalue weighted by Crippen LogP contribution is 2.31. The number of hydrogen-bond acceptors (Lipinski definition) is 7. The topological polar surface area (TPSA) is 102 Å². The van der Waals surface area contributed by atoms with E-state index in [2.05, 4.69) is 6.58 Å². The fourth-order valence-corrected chi connectivity index (χ4v) is 2.28. The van der Waals surface area contributed by atoms with Crippen LogP contribution in [0.4, 0.5) is 0 Å². The Hall–Kier alpha value is -3.16. The summed E-state index contributed by atoms with van der Waals surface area (Å²) in [6, 6.07) is 11.8. The second kappa shape index (κ2) is 10.2. The van der Waals surface area contributed by atoms with Gasteiger partial charge in [0.1, 0.15) is 17.2 Å². The van der Waals surface area contributed by atoms with E-state index in [1.807, 2.05) is 19.1 Å². The summed E-state index contributed by atoms with van der Waals surface area (Å²) >= 11 is 0. The van der Waals surface area contributed by atoms with Crippen LogP contribution in [0.1, 0.15) is 13.3 Å². The Kier molecular flexibility index (Phi) is 7.74. The molecule has 2 rings (SSSR count). The molecule has 0 aromatic heterocycles. The van der Waals surface area contributed by atoms with Crippen molar-refractivity contribution in [3.05, 3.63) is 54.6 Å². The van der Waals surface area contributed by atoms with Crippen molar-refractivity contribution >= 4 is 11.9 Å². The number of rotatable bonds is 9. The van der Waals surface area contributed by atoms with Crippen molar-refractivity contribution in [3.63, 3.8) is 0 Å². The number of aliphatic hydroxyl groups excluding tert-OH is 2.